The first-order chi connectivity index (χ1) is 7.06. The van der Waals surface area contributed by atoms with Gasteiger partial charge >= 0.3 is 5.97 Å². The average molecular weight is 216 g/mol. The third-order valence-electron chi connectivity index (χ3n) is 2.34. The van der Waals surface area contributed by atoms with Crippen molar-refractivity contribution in [2.75, 3.05) is 26.9 Å². The lowest BCUT2D eigenvalue weighted by Gasteiger charge is -2.19. The van der Waals surface area contributed by atoms with E-state index in [0.29, 0.717) is 26.2 Å². The van der Waals surface area contributed by atoms with Crippen LogP contribution < -0.4 is 0 Å². The van der Waals surface area contributed by atoms with Crippen LogP contribution in [0.3, 0.4) is 0 Å². The second-order valence-electron chi connectivity index (χ2n) is 3.64. The monoisotopic (exact) mass is 216 g/mol. The van der Waals surface area contributed by atoms with Gasteiger partial charge < -0.3 is 14.6 Å². The molecule has 88 valence electrons. The Hall–Kier alpha value is -0.870. The van der Waals surface area contributed by atoms with Gasteiger partial charge in [-0.2, -0.15) is 0 Å². The van der Waals surface area contributed by atoms with Crippen LogP contribution in [0.4, 0.5) is 0 Å². The van der Waals surface area contributed by atoms with Crippen molar-refractivity contribution in [2.24, 2.45) is 5.41 Å². The van der Waals surface area contributed by atoms with Gasteiger partial charge in [0.15, 0.2) is 0 Å². The number of rotatable bonds is 9. The maximum Gasteiger partial charge on any atom is 0.313 e. The molecule has 0 bridgehead atoms. The molecule has 4 nitrogen and oxygen atoms in total. The van der Waals surface area contributed by atoms with Crippen LogP contribution in [0.25, 0.3) is 0 Å². The van der Waals surface area contributed by atoms with E-state index in [9.17, 15) is 4.79 Å². The van der Waals surface area contributed by atoms with Crippen molar-refractivity contribution in [1.29, 1.82) is 0 Å². The van der Waals surface area contributed by atoms with E-state index in [1.165, 1.54) is 6.08 Å². The van der Waals surface area contributed by atoms with Crippen molar-refractivity contribution in [3.63, 3.8) is 0 Å². The molecule has 0 aliphatic heterocycles. The summed E-state index contributed by atoms with van der Waals surface area (Å²) in [4.78, 5) is 10.9. The zero-order chi connectivity index (χ0) is 11.7. The number of hydrogen-bond donors (Lipinski definition) is 1. The summed E-state index contributed by atoms with van der Waals surface area (Å²) in [6.07, 6.45) is 2.72. The van der Waals surface area contributed by atoms with Crippen LogP contribution in [-0.2, 0) is 14.3 Å². The van der Waals surface area contributed by atoms with E-state index >= 15 is 0 Å². The van der Waals surface area contributed by atoms with Gasteiger partial charge in [0, 0.05) is 26.9 Å². The average Bonchev–Trinajstić information content (AvgIpc) is 2.22. The third-order valence-corrected chi connectivity index (χ3v) is 2.34. The van der Waals surface area contributed by atoms with Crippen LogP contribution in [0.1, 0.15) is 19.8 Å². The molecule has 0 saturated heterocycles. The summed E-state index contributed by atoms with van der Waals surface area (Å²) in [6, 6.07) is 0. The molecule has 0 aromatic carbocycles. The SMILES string of the molecule is C=CC(C)(CCOCCCOC)C(=O)O. The van der Waals surface area contributed by atoms with Crippen LogP contribution in [0, 0.1) is 5.41 Å². The predicted octanol–water partition coefficient (Wildman–Crippen LogP) is 1.71. The molecule has 15 heavy (non-hydrogen) atoms. The zero-order valence-corrected chi connectivity index (χ0v) is 9.49. The van der Waals surface area contributed by atoms with Gasteiger partial charge in [-0.15, -0.1) is 6.58 Å². The van der Waals surface area contributed by atoms with E-state index in [4.69, 9.17) is 14.6 Å². The molecule has 0 saturated carbocycles. The standard InChI is InChI=1S/C11H20O4/c1-4-11(2,10(12)13)6-9-15-8-5-7-14-3/h4H,1,5-9H2,2-3H3,(H,12,13). The zero-order valence-electron chi connectivity index (χ0n) is 9.49. The molecule has 0 aliphatic carbocycles. The maximum absolute atomic E-state index is 10.9. The molecule has 1 atom stereocenters. The Labute approximate surface area is 90.9 Å². The number of carboxylic acids is 1. The van der Waals surface area contributed by atoms with Crippen molar-refractivity contribution >= 4 is 5.97 Å². The fourth-order valence-corrected chi connectivity index (χ4v) is 0.988. The number of carbonyl (C=O) groups is 1. The lowest BCUT2D eigenvalue weighted by atomic mass is 9.88. The van der Waals surface area contributed by atoms with E-state index in [-0.39, 0.29) is 0 Å². The Kier molecular flexibility index (Phi) is 6.99. The van der Waals surface area contributed by atoms with Crippen LogP contribution >= 0.6 is 0 Å². The second-order valence-corrected chi connectivity index (χ2v) is 3.64. The third kappa shape index (κ3) is 5.54. The first-order valence-corrected chi connectivity index (χ1v) is 5.00. The highest BCUT2D eigenvalue weighted by Crippen LogP contribution is 2.22. The van der Waals surface area contributed by atoms with Gasteiger partial charge in [-0.25, -0.2) is 0 Å². The molecule has 0 aromatic heterocycles. The molecular formula is C11H20O4. The van der Waals surface area contributed by atoms with Crippen LogP contribution in [-0.4, -0.2) is 38.0 Å². The quantitative estimate of drug-likeness (QED) is 0.471. The predicted molar refractivity (Wildman–Crippen MR) is 57.9 cm³/mol. The molecule has 4 heteroatoms. The fourth-order valence-electron chi connectivity index (χ4n) is 0.988. The summed E-state index contributed by atoms with van der Waals surface area (Å²) in [5, 5.41) is 8.93. The summed E-state index contributed by atoms with van der Waals surface area (Å²) in [5.74, 6) is -0.863. The summed E-state index contributed by atoms with van der Waals surface area (Å²) in [6.45, 7) is 6.86. The first kappa shape index (κ1) is 14.1. The van der Waals surface area contributed by atoms with E-state index < -0.39 is 11.4 Å². The molecule has 0 aliphatic rings. The Morgan fingerprint density at radius 1 is 1.47 bits per heavy atom. The highest BCUT2D eigenvalue weighted by molar-refractivity contribution is 5.76. The van der Waals surface area contributed by atoms with Crippen LogP contribution in [0.5, 0.6) is 0 Å². The van der Waals surface area contributed by atoms with Gasteiger partial charge in [0.1, 0.15) is 0 Å². The van der Waals surface area contributed by atoms with Crippen LogP contribution in [0.15, 0.2) is 12.7 Å². The van der Waals surface area contributed by atoms with E-state index in [0.717, 1.165) is 6.42 Å². The molecule has 0 rings (SSSR count). The molecule has 1 N–H and O–H groups in total. The lowest BCUT2D eigenvalue weighted by molar-refractivity contribution is -0.146. The molecule has 0 amide bonds. The topological polar surface area (TPSA) is 55.8 Å². The van der Waals surface area contributed by atoms with E-state index in [1.807, 2.05) is 0 Å². The van der Waals surface area contributed by atoms with Crippen molar-refractivity contribution in [3.8, 4) is 0 Å². The van der Waals surface area contributed by atoms with Gasteiger partial charge in [-0.1, -0.05) is 6.08 Å². The van der Waals surface area contributed by atoms with Crippen molar-refractivity contribution in [3.05, 3.63) is 12.7 Å². The molecule has 0 radical (unpaired) electrons. The molecule has 0 aromatic rings. The highest BCUT2D eigenvalue weighted by Gasteiger charge is 2.28. The maximum atomic E-state index is 10.9. The largest absolute Gasteiger partial charge is 0.481 e. The van der Waals surface area contributed by atoms with Gasteiger partial charge in [-0.3, -0.25) is 4.79 Å². The minimum atomic E-state index is -0.888. The highest BCUT2D eigenvalue weighted by atomic mass is 16.5. The molecule has 0 heterocycles. The van der Waals surface area contributed by atoms with Gasteiger partial charge in [0.25, 0.3) is 0 Å². The number of methoxy groups -OCH3 is 1. The lowest BCUT2D eigenvalue weighted by Crippen LogP contribution is -2.26. The van der Waals surface area contributed by atoms with Gasteiger partial charge in [0.05, 0.1) is 5.41 Å². The van der Waals surface area contributed by atoms with E-state index in [2.05, 4.69) is 6.58 Å². The molecule has 1 unspecified atom stereocenters. The number of hydrogen-bond acceptors (Lipinski definition) is 3. The Bertz CT molecular complexity index is 203. The molecule has 0 spiro atoms. The number of carboxylic acid groups (broad SMARTS) is 1. The molecular weight excluding hydrogens is 196 g/mol. The van der Waals surface area contributed by atoms with Gasteiger partial charge in [0.2, 0.25) is 0 Å². The fraction of sp³-hybridized carbons (Fsp3) is 0.727. The van der Waals surface area contributed by atoms with Gasteiger partial charge in [-0.05, 0) is 19.8 Å². The Balaban J connectivity index is 3.64. The Morgan fingerprint density at radius 2 is 2.13 bits per heavy atom. The summed E-state index contributed by atoms with van der Waals surface area (Å²) < 4.78 is 10.2. The minimum Gasteiger partial charge on any atom is -0.481 e. The normalized spacial score (nSPS) is 14.5. The first-order valence-electron chi connectivity index (χ1n) is 5.00. The summed E-state index contributed by atoms with van der Waals surface area (Å²) in [7, 11) is 1.64. The second kappa shape index (κ2) is 7.43. The van der Waals surface area contributed by atoms with Crippen LogP contribution in [0.2, 0.25) is 0 Å². The summed E-state index contributed by atoms with van der Waals surface area (Å²) >= 11 is 0. The smallest absolute Gasteiger partial charge is 0.313 e. The summed E-state index contributed by atoms with van der Waals surface area (Å²) in [5.41, 5.74) is -0.888. The van der Waals surface area contributed by atoms with E-state index in [1.54, 1.807) is 14.0 Å². The Morgan fingerprint density at radius 3 is 2.60 bits per heavy atom. The van der Waals surface area contributed by atoms with Crippen molar-refractivity contribution in [2.45, 2.75) is 19.8 Å². The number of aliphatic carboxylic acids is 1. The van der Waals surface area contributed by atoms with Crippen molar-refractivity contribution < 1.29 is 19.4 Å². The minimum absolute atomic E-state index is 0.429. The molecule has 0 fully saturated rings. The van der Waals surface area contributed by atoms with Crippen molar-refractivity contribution in [1.82, 2.24) is 0 Å². The number of ether oxygens (including phenoxy) is 2.